The Hall–Kier alpha value is -2.45. The van der Waals surface area contributed by atoms with E-state index in [4.69, 9.17) is 4.74 Å². The number of ether oxygens (including phenoxy) is 1. The van der Waals surface area contributed by atoms with Crippen molar-refractivity contribution in [3.63, 3.8) is 0 Å². The van der Waals surface area contributed by atoms with E-state index in [0.29, 0.717) is 37.5 Å². The maximum atomic E-state index is 13.3. The highest BCUT2D eigenvalue weighted by molar-refractivity contribution is 5.76. The van der Waals surface area contributed by atoms with Gasteiger partial charge in [-0.2, -0.15) is 5.10 Å². The lowest BCUT2D eigenvalue weighted by Gasteiger charge is -2.43. The van der Waals surface area contributed by atoms with Crippen molar-refractivity contribution in [2.75, 3.05) is 26.2 Å². The second-order valence-electron chi connectivity index (χ2n) is 9.68. The summed E-state index contributed by atoms with van der Waals surface area (Å²) in [4.78, 5) is 30.5. The summed E-state index contributed by atoms with van der Waals surface area (Å²) >= 11 is 0. The highest BCUT2D eigenvalue weighted by Gasteiger charge is 2.40. The number of H-pyrrole nitrogens is 1. The van der Waals surface area contributed by atoms with Gasteiger partial charge in [-0.25, -0.2) is 0 Å². The Morgan fingerprint density at radius 2 is 2.13 bits per heavy atom. The predicted octanol–water partition coefficient (Wildman–Crippen LogP) is 1.12. The topological polar surface area (TPSA) is 83.5 Å². The molecule has 164 valence electrons. The molecule has 4 bridgehead atoms. The third-order valence-electron chi connectivity index (χ3n) is 7.61. The van der Waals surface area contributed by atoms with Crippen molar-refractivity contribution in [1.29, 1.82) is 0 Å². The molecule has 0 unspecified atom stereocenters. The summed E-state index contributed by atoms with van der Waals surface area (Å²) in [6.07, 6.45) is 7.36. The number of hydrogen-bond acceptors (Lipinski definition) is 5. The molecule has 0 radical (unpaired) electrons. The van der Waals surface area contributed by atoms with Crippen molar-refractivity contribution >= 4 is 5.91 Å². The third-order valence-corrected chi connectivity index (χ3v) is 7.61. The van der Waals surface area contributed by atoms with Crippen molar-refractivity contribution in [2.24, 2.45) is 5.92 Å². The molecule has 3 fully saturated rings. The van der Waals surface area contributed by atoms with Gasteiger partial charge in [-0.1, -0.05) is 6.07 Å². The van der Waals surface area contributed by atoms with E-state index in [0.717, 1.165) is 62.4 Å². The monoisotopic (exact) mass is 423 g/mol. The van der Waals surface area contributed by atoms with Crippen LogP contribution in [-0.2, 0) is 29.0 Å². The van der Waals surface area contributed by atoms with Gasteiger partial charge in [0, 0.05) is 68.6 Å². The van der Waals surface area contributed by atoms with Crippen LogP contribution in [-0.4, -0.2) is 68.9 Å². The molecule has 8 heteroatoms. The second kappa shape index (κ2) is 7.60. The zero-order chi connectivity index (χ0) is 20.9. The number of hydrogen-bond donors (Lipinski definition) is 1. The number of fused-ring (bicyclic) bond motifs is 6. The van der Waals surface area contributed by atoms with Crippen LogP contribution in [0, 0.1) is 5.92 Å². The van der Waals surface area contributed by atoms with Crippen molar-refractivity contribution in [1.82, 2.24) is 24.6 Å². The van der Waals surface area contributed by atoms with Gasteiger partial charge in [0.1, 0.15) is 0 Å². The third kappa shape index (κ3) is 3.51. The summed E-state index contributed by atoms with van der Waals surface area (Å²) in [7, 11) is 0. The van der Waals surface area contributed by atoms with E-state index < -0.39 is 0 Å². The van der Waals surface area contributed by atoms with Gasteiger partial charge in [0.25, 0.3) is 5.56 Å². The van der Waals surface area contributed by atoms with E-state index in [9.17, 15) is 9.59 Å². The maximum absolute atomic E-state index is 13.3. The van der Waals surface area contributed by atoms with Gasteiger partial charge in [-0.3, -0.25) is 19.6 Å². The molecule has 4 aliphatic rings. The van der Waals surface area contributed by atoms with Crippen molar-refractivity contribution < 1.29 is 9.53 Å². The first kappa shape index (κ1) is 19.3. The second-order valence-corrected chi connectivity index (χ2v) is 9.68. The molecular weight excluding hydrogens is 394 g/mol. The molecule has 0 aliphatic carbocycles. The molecule has 0 saturated carbocycles. The molecule has 6 rings (SSSR count). The van der Waals surface area contributed by atoms with Crippen molar-refractivity contribution in [3.8, 4) is 0 Å². The van der Waals surface area contributed by atoms with Gasteiger partial charge < -0.3 is 14.2 Å². The fourth-order valence-corrected chi connectivity index (χ4v) is 6.03. The summed E-state index contributed by atoms with van der Waals surface area (Å²) in [5.74, 6) is 0.811. The molecule has 4 atom stereocenters. The van der Waals surface area contributed by atoms with E-state index >= 15 is 0 Å². The average Bonchev–Trinajstić information content (AvgIpc) is 3.53. The SMILES string of the molecule is O=C(CCc1cn[nH]c1)N1C[C@@H]2C[C@H](C1)c1ccc(CN3C[C@@H]4C[C@H]3CO4)c(=O)n1C2. The molecule has 4 aliphatic heterocycles. The molecule has 0 spiro atoms. The summed E-state index contributed by atoms with van der Waals surface area (Å²) in [6, 6.07) is 4.63. The van der Waals surface area contributed by atoms with Crippen molar-refractivity contribution in [3.05, 3.63) is 51.7 Å². The van der Waals surface area contributed by atoms with Crippen LogP contribution in [0.3, 0.4) is 0 Å². The molecule has 6 heterocycles. The lowest BCUT2D eigenvalue weighted by atomic mass is 9.82. The van der Waals surface area contributed by atoms with Crippen LogP contribution in [0.1, 0.15) is 42.0 Å². The minimum Gasteiger partial charge on any atom is -0.375 e. The van der Waals surface area contributed by atoms with Gasteiger partial charge in [0.15, 0.2) is 0 Å². The predicted molar refractivity (Wildman–Crippen MR) is 114 cm³/mol. The van der Waals surface area contributed by atoms with Gasteiger partial charge in [0.2, 0.25) is 5.91 Å². The highest BCUT2D eigenvalue weighted by Crippen LogP contribution is 2.36. The van der Waals surface area contributed by atoms with Crippen LogP contribution < -0.4 is 5.56 Å². The molecule has 0 aromatic carbocycles. The normalized spacial score (nSPS) is 29.4. The Morgan fingerprint density at radius 3 is 2.90 bits per heavy atom. The van der Waals surface area contributed by atoms with E-state index in [1.54, 1.807) is 6.20 Å². The van der Waals surface area contributed by atoms with Crippen molar-refractivity contribution in [2.45, 2.75) is 56.8 Å². The van der Waals surface area contributed by atoms with Crippen LogP contribution in [0.2, 0.25) is 0 Å². The van der Waals surface area contributed by atoms with Crippen LogP contribution in [0.15, 0.2) is 29.3 Å². The quantitative estimate of drug-likeness (QED) is 0.779. The van der Waals surface area contributed by atoms with E-state index in [2.05, 4.69) is 21.2 Å². The summed E-state index contributed by atoms with van der Waals surface area (Å²) in [5.41, 5.74) is 3.22. The molecule has 2 aromatic rings. The number of pyridine rings is 1. The zero-order valence-electron chi connectivity index (χ0n) is 17.7. The fraction of sp³-hybridized carbons (Fsp3) is 0.609. The molecule has 3 saturated heterocycles. The highest BCUT2D eigenvalue weighted by atomic mass is 16.5. The average molecular weight is 424 g/mol. The first-order valence-electron chi connectivity index (χ1n) is 11.5. The number of morpholine rings is 1. The zero-order valence-corrected chi connectivity index (χ0v) is 17.7. The Kier molecular flexibility index (Phi) is 4.72. The number of nitrogens with zero attached hydrogens (tertiary/aromatic N) is 4. The van der Waals surface area contributed by atoms with E-state index in [-0.39, 0.29) is 17.4 Å². The molecular formula is C23H29N5O3. The molecule has 1 amide bonds. The first-order chi connectivity index (χ1) is 15.1. The standard InChI is InChI=1S/C23H29N5O3/c29-22(4-1-15-7-24-25-8-15)27-9-16-5-18(12-27)21-3-2-17(23(30)28(21)10-16)11-26-13-20-6-19(26)14-31-20/h2-3,7-8,16,18-20H,1,4-6,9-14H2,(H,24,25)/t16-,18+,19-,20-/m0/s1. The number of carbonyl (C=O) groups is 1. The number of likely N-dealkylation sites (tertiary alicyclic amines) is 2. The van der Waals surface area contributed by atoms with Crippen LogP contribution in [0.4, 0.5) is 0 Å². The van der Waals surface area contributed by atoms with Gasteiger partial charge in [-0.15, -0.1) is 0 Å². The Morgan fingerprint density at radius 1 is 1.19 bits per heavy atom. The number of amides is 1. The van der Waals surface area contributed by atoms with Gasteiger partial charge >= 0.3 is 0 Å². The molecule has 1 N–H and O–H groups in total. The summed E-state index contributed by atoms with van der Waals surface area (Å²) in [6.45, 7) is 4.64. The maximum Gasteiger partial charge on any atom is 0.255 e. The van der Waals surface area contributed by atoms with Gasteiger partial charge in [-0.05, 0) is 36.8 Å². The number of nitrogens with one attached hydrogen (secondary N) is 1. The Labute approximate surface area is 181 Å². The molecule has 2 aromatic heterocycles. The minimum absolute atomic E-state index is 0.163. The number of aryl methyl sites for hydroxylation is 1. The summed E-state index contributed by atoms with van der Waals surface area (Å²) in [5, 5.41) is 6.75. The molecule has 31 heavy (non-hydrogen) atoms. The number of rotatable bonds is 5. The first-order valence-corrected chi connectivity index (χ1v) is 11.5. The largest absolute Gasteiger partial charge is 0.375 e. The van der Waals surface area contributed by atoms with Crippen LogP contribution in [0.5, 0.6) is 0 Å². The summed E-state index contributed by atoms with van der Waals surface area (Å²) < 4.78 is 7.70. The number of aromatic amines is 1. The van der Waals surface area contributed by atoms with E-state index in [1.807, 2.05) is 21.7 Å². The minimum atomic E-state index is 0.163. The number of piperidine rings is 1. The van der Waals surface area contributed by atoms with Gasteiger partial charge in [0.05, 0.1) is 18.9 Å². The number of carbonyl (C=O) groups excluding carboxylic acids is 1. The Balaban J connectivity index is 1.16. The fourth-order valence-electron chi connectivity index (χ4n) is 6.03. The van der Waals surface area contributed by atoms with Crippen LogP contribution >= 0.6 is 0 Å². The molecule has 8 nitrogen and oxygen atoms in total. The lowest BCUT2D eigenvalue weighted by molar-refractivity contribution is -0.133. The smallest absolute Gasteiger partial charge is 0.255 e. The lowest BCUT2D eigenvalue weighted by Crippen LogP contribution is -2.49. The Bertz CT molecular complexity index is 1030. The van der Waals surface area contributed by atoms with E-state index in [1.165, 1.54) is 0 Å². The van der Waals surface area contributed by atoms with Crippen LogP contribution in [0.25, 0.3) is 0 Å². The number of aromatic nitrogens is 3.